The summed E-state index contributed by atoms with van der Waals surface area (Å²) in [6.07, 6.45) is 4.67. The van der Waals surface area contributed by atoms with Gasteiger partial charge in [0.2, 0.25) is 5.76 Å². The molecule has 4 aromatic rings. The van der Waals surface area contributed by atoms with E-state index in [0.29, 0.717) is 6.61 Å². The van der Waals surface area contributed by atoms with Gasteiger partial charge in [0.15, 0.2) is 7.26 Å². The molecule has 1 nitrogen and oxygen atoms in total. The maximum atomic E-state index is 6.54. The smallest absolute Gasteiger partial charge is 0.321 e. The summed E-state index contributed by atoms with van der Waals surface area (Å²) in [6.45, 7) is 2.71. The second-order valence-corrected chi connectivity index (χ2v) is 13.6. The van der Waals surface area contributed by atoms with Crippen LogP contribution < -0.4 is 15.9 Å². The molecule has 0 saturated carbocycles. The maximum Gasteiger partial charge on any atom is 0.321 e. The van der Waals surface area contributed by atoms with Crippen molar-refractivity contribution in [3.8, 4) is 0 Å². The molecule has 0 N–H and O–H groups in total. The monoisotopic (exact) mass is 470 g/mol. The molecule has 0 saturated heterocycles. The largest absolute Gasteiger partial charge is 0.485 e. The van der Waals surface area contributed by atoms with Crippen LogP contribution >= 0.6 is 7.26 Å². The van der Waals surface area contributed by atoms with Crippen LogP contribution in [0.4, 0.5) is 0 Å². The first-order chi connectivity index (χ1) is 16.2. The Morgan fingerprint density at radius 2 is 0.970 bits per heavy atom. The fourth-order valence-electron chi connectivity index (χ4n) is 4.37. The lowest BCUT2D eigenvalue weighted by Crippen LogP contribution is -2.35. The molecule has 0 heterocycles. The van der Waals surface area contributed by atoms with Gasteiger partial charge in [0, 0.05) is 5.56 Å². The first kappa shape index (κ1) is 23.4. The first-order valence-corrected chi connectivity index (χ1v) is 15.1. The highest BCUT2D eigenvalue weighted by molar-refractivity contribution is 8.17. The van der Waals surface area contributed by atoms with Gasteiger partial charge in [-0.05, 0) is 43.3 Å². The molecular formula is C30H31OPS+2. The number of hydrogen-bond donors (Lipinski definition) is 0. The van der Waals surface area contributed by atoms with Crippen molar-refractivity contribution in [1.82, 2.24) is 0 Å². The molecule has 0 spiro atoms. The molecule has 0 bridgehead atoms. The summed E-state index contributed by atoms with van der Waals surface area (Å²) in [4.78, 5) is 0. The SMILES string of the molecule is CCO/C(=C(/[S+](C)C)[P+](c1ccccc1)(c1ccccc1)c1ccccc1)c1ccccc1. The van der Waals surface area contributed by atoms with Gasteiger partial charge >= 0.3 is 4.65 Å². The van der Waals surface area contributed by atoms with Crippen molar-refractivity contribution in [2.75, 3.05) is 19.1 Å². The third kappa shape index (κ3) is 4.64. The topological polar surface area (TPSA) is 9.23 Å². The quantitative estimate of drug-likeness (QED) is 0.169. The van der Waals surface area contributed by atoms with Gasteiger partial charge in [-0.15, -0.1) is 0 Å². The van der Waals surface area contributed by atoms with E-state index in [4.69, 9.17) is 4.74 Å². The highest BCUT2D eigenvalue weighted by Gasteiger charge is 2.58. The number of benzene rings is 4. The molecule has 166 valence electrons. The summed E-state index contributed by atoms with van der Waals surface area (Å²) in [5, 5.41) is 4.06. The second kappa shape index (κ2) is 10.9. The summed E-state index contributed by atoms with van der Waals surface area (Å²) in [7, 11) is -2.26. The van der Waals surface area contributed by atoms with Crippen LogP contribution in [-0.2, 0) is 15.6 Å². The molecule has 0 fully saturated rings. The van der Waals surface area contributed by atoms with Gasteiger partial charge in [0.05, 0.1) is 17.5 Å². The van der Waals surface area contributed by atoms with E-state index in [1.165, 1.54) is 20.6 Å². The highest BCUT2D eigenvalue weighted by Crippen LogP contribution is 2.66. The third-order valence-corrected chi connectivity index (χ3v) is 12.5. The lowest BCUT2D eigenvalue weighted by molar-refractivity contribution is 0.298. The average Bonchev–Trinajstić information content (AvgIpc) is 2.88. The van der Waals surface area contributed by atoms with Crippen molar-refractivity contribution in [3.05, 3.63) is 132 Å². The van der Waals surface area contributed by atoms with E-state index >= 15 is 0 Å². The minimum atomic E-state index is -2.20. The van der Waals surface area contributed by atoms with Crippen molar-refractivity contribution in [2.45, 2.75) is 6.92 Å². The van der Waals surface area contributed by atoms with Crippen molar-refractivity contribution < 1.29 is 4.74 Å². The summed E-state index contributed by atoms with van der Waals surface area (Å²) in [5.41, 5.74) is 1.14. The van der Waals surface area contributed by atoms with Gasteiger partial charge in [-0.3, -0.25) is 0 Å². The standard InChI is InChI=1S/C30H31OPS/c1-4-31-29(25-17-9-5-10-18-25)30(33(2)3)32(26-19-11-6-12-20-26,27-21-13-7-14-22-27)28-23-15-8-16-24-28/h5-24H,4H2,1-3H3/q+2/b30-29+. The van der Waals surface area contributed by atoms with Crippen molar-refractivity contribution in [1.29, 1.82) is 0 Å². The predicted octanol–water partition coefficient (Wildman–Crippen LogP) is 6.22. The molecule has 0 aromatic heterocycles. The number of rotatable bonds is 8. The van der Waals surface area contributed by atoms with E-state index in [-0.39, 0.29) is 10.9 Å². The summed E-state index contributed by atoms with van der Waals surface area (Å²) in [6, 6.07) is 43.7. The van der Waals surface area contributed by atoms with Crippen LogP contribution in [-0.4, -0.2) is 19.1 Å². The van der Waals surface area contributed by atoms with E-state index in [1.807, 2.05) is 0 Å². The molecule has 3 heteroatoms. The van der Waals surface area contributed by atoms with Gasteiger partial charge in [0.25, 0.3) is 0 Å². The molecular weight excluding hydrogens is 439 g/mol. The number of hydrogen-bond acceptors (Lipinski definition) is 1. The zero-order valence-corrected chi connectivity index (χ0v) is 21.2. The molecule has 0 aliphatic rings. The molecule has 33 heavy (non-hydrogen) atoms. The zero-order valence-electron chi connectivity index (χ0n) is 19.5. The molecule has 0 atom stereocenters. The summed E-state index contributed by atoms with van der Waals surface area (Å²) >= 11 is 0. The van der Waals surface area contributed by atoms with Gasteiger partial charge in [-0.1, -0.05) is 84.9 Å². The van der Waals surface area contributed by atoms with Crippen LogP contribution in [0, 0.1) is 0 Å². The maximum absolute atomic E-state index is 6.54. The summed E-state index contributed by atoms with van der Waals surface area (Å²) in [5.74, 6) is 1.02. The fourth-order valence-corrected chi connectivity index (χ4v) is 12.0. The van der Waals surface area contributed by atoms with Gasteiger partial charge in [0.1, 0.15) is 28.4 Å². The third-order valence-electron chi connectivity index (χ3n) is 5.64. The van der Waals surface area contributed by atoms with Crippen LogP contribution in [0.3, 0.4) is 0 Å². The fraction of sp³-hybridized carbons (Fsp3) is 0.133. The zero-order chi connectivity index (χ0) is 23.1. The van der Waals surface area contributed by atoms with Crippen LogP contribution in [0.1, 0.15) is 12.5 Å². The Labute approximate surface area is 201 Å². The molecule has 4 aromatic carbocycles. The van der Waals surface area contributed by atoms with E-state index in [2.05, 4.69) is 141 Å². The normalized spacial score (nSPS) is 12.4. The second-order valence-electron chi connectivity index (χ2n) is 7.93. The van der Waals surface area contributed by atoms with Crippen LogP contribution in [0.25, 0.3) is 5.76 Å². The lowest BCUT2D eigenvalue weighted by atomic mass is 10.2. The van der Waals surface area contributed by atoms with Crippen molar-refractivity contribution in [3.63, 3.8) is 0 Å². The van der Waals surface area contributed by atoms with Gasteiger partial charge in [-0.25, -0.2) is 0 Å². The van der Waals surface area contributed by atoms with E-state index < -0.39 is 7.26 Å². The van der Waals surface area contributed by atoms with Crippen molar-refractivity contribution in [2.24, 2.45) is 0 Å². The van der Waals surface area contributed by atoms with Crippen LogP contribution in [0.2, 0.25) is 0 Å². The summed E-state index contributed by atoms with van der Waals surface area (Å²) < 4.78 is 7.94. The Morgan fingerprint density at radius 1 is 0.606 bits per heavy atom. The van der Waals surface area contributed by atoms with Crippen LogP contribution in [0.5, 0.6) is 0 Å². The first-order valence-electron chi connectivity index (χ1n) is 11.3. The van der Waals surface area contributed by atoms with E-state index in [0.717, 1.165) is 11.3 Å². The van der Waals surface area contributed by atoms with Gasteiger partial charge in [-0.2, -0.15) is 0 Å². The Morgan fingerprint density at radius 3 is 1.30 bits per heavy atom. The number of ether oxygens (including phenoxy) is 1. The van der Waals surface area contributed by atoms with E-state index in [1.54, 1.807) is 0 Å². The van der Waals surface area contributed by atoms with E-state index in [9.17, 15) is 0 Å². The molecule has 0 aliphatic carbocycles. The van der Waals surface area contributed by atoms with Gasteiger partial charge < -0.3 is 4.74 Å². The Kier molecular flexibility index (Phi) is 7.70. The van der Waals surface area contributed by atoms with Crippen molar-refractivity contribution >= 4 is 39.8 Å². The predicted molar refractivity (Wildman–Crippen MR) is 149 cm³/mol. The molecule has 0 radical (unpaired) electrons. The molecule has 0 amide bonds. The molecule has 4 rings (SSSR count). The highest BCUT2D eigenvalue weighted by atomic mass is 32.2. The Balaban J connectivity index is 2.22. The van der Waals surface area contributed by atoms with Crippen LogP contribution in [0.15, 0.2) is 126 Å². The Bertz CT molecular complexity index is 1080. The molecule has 0 aliphatic heterocycles. The minimum Gasteiger partial charge on any atom is -0.485 e. The average molecular weight is 471 g/mol. The minimum absolute atomic E-state index is 0.0523. The lowest BCUT2D eigenvalue weighted by Gasteiger charge is -2.28. The Hall–Kier alpha value is -2.80. The molecule has 0 unspecified atom stereocenters.